The number of aliphatic hydroxyl groups excluding tert-OH is 1. The van der Waals surface area contributed by atoms with E-state index in [0.717, 1.165) is 0 Å². The fourth-order valence-electron chi connectivity index (χ4n) is 1.31. The Morgan fingerprint density at radius 3 is 2.19 bits per heavy atom. The van der Waals surface area contributed by atoms with Gasteiger partial charge in [-0.2, -0.15) is 13.2 Å². The second-order valence-corrected chi connectivity index (χ2v) is 11.2. The summed E-state index contributed by atoms with van der Waals surface area (Å²) in [5, 5.41) is 9.51. The van der Waals surface area contributed by atoms with Gasteiger partial charge in [-0.25, -0.2) is 0 Å². The first kappa shape index (κ1) is 17.3. The van der Waals surface area contributed by atoms with Crippen LogP contribution in [0.5, 0.6) is 5.75 Å². The summed E-state index contributed by atoms with van der Waals surface area (Å²) in [5.74, 6) is -2.26. The zero-order chi connectivity index (χ0) is 16.3. The highest BCUT2D eigenvalue weighted by atomic mass is 28.3. The predicted molar refractivity (Wildman–Crippen MR) is 77.0 cm³/mol. The van der Waals surface area contributed by atoms with Crippen molar-refractivity contribution in [3.8, 4) is 5.75 Å². The van der Waals surface area contributed by atoms with E-state index in [1.165, 1.54) is 24.3 Å². The third kappa shape index (κ3) is 6.03. The maximum absolute atomic E-state index is 12.1. The predicted octanol–water partition coefficient (Wildman–Crippen LogP) is 3.97. The molecule has 0 radical (unpaired) electrons. The van der Waals surface area contributed by atoms with Crippen LogP contribution in [0.25, 0.3) is 5.76 Å². The summed E-state index contributed by atoms with van der Waals surface area (Å²) in [6.07, 6.45) is -4.22. The summed E-state index contributed by atoms with van der Waals surface area (Å²) >= 11 is 0. The van der Waals surface area contributed by atoms with Crippen molar-refractivity contribution < 1.29 is 27.8 Å². The Labute approximate surface area is 122 Å². The van der Waals surface area contributed by atoms with Crippen molar-refractivity contribution in [2.45, 2.75) is 25.8 Å². The third-order valence-corrected chi connectivity index (χ3v) is 3.38. The summed E-state index contributed by atoms with van der Waals surface area (Å²) < 4.78 is 41.8. The fourth-order valence-corrected chi connectivity index (χ4v) is 1.91. The Bertz CT molecular complexity index is 528. The maximum atomic E-state index is 12.1. The minimum atomic E-state index is -4.99. The molecule has 7 heteroatoms. The number of rotatable bonds is 5. The quantitative estimate of drug-likeness (QED) is 0.507. The number of alkyl halides is 3. The lowest BCUT2D eigenvalue weighted by atomic mass is 10.1. The summed E-state index contributed by atoms with van der Waals surface area (Å²) in [6, 6.07) is 5.87. The Morgan fingerprint density at radius 2 is 1.76 bits per heavy atom. The summed E-state index contributed by atoms with van der Waals surface area (Å²) in [4.78, 5) is 10.7. The minimum absolute atomic E-state index is 0.118. The van der Waals surface area contributed by atoms with Crippen LogP contribution in [0.1, 0.15) is 5.56 Å². The number of aliphatic hydroxyl groups is 1. The molecule has 0 saturated carbocycles. The third-order valence-electron chi connectivity index (χ3n) is 2.37. The zero-order valence-corrected chi connectivity index (χ0v) is 13.0. The summed E-state index contributed by atoms with van der Waals surface area (Å²) in [7, 11) is -1.37. The molecule has 0 aliphatic heterocycles. The van der Waals surface area contributed by atoms with Crippen molar-refractivity contribution >= 4 is 19.6 Å². The van der Waals surface area contributed by atoms with Gasteiger partial charge in [0.2, 0.25) is 0 Å². The molecule has 0 atom stereocenters. The topological polar surface area (TPSA) is 46.5 Å². The van der Waals surface area contributed by atoms with Crippen molar-refractivity contribution in [2.75, 3.05) is 6.23 Å². The molecule has 3 nitrogen and oxygen atoms in total. The van der Waals surface area contributed by atoms with E-state index < -0.39 is 25.8 Å². The highest BCUT2D eigenvalue weighted by Gasteiger charge is 2.37. The first-order chi connectivity index (χ1) is 9.49. The van der Waals surface area contributed by atoms with Crippen LogP contribution in [0.3, 0.4) is 0 Å². The van der Waals surface area contributed by atoms with Gasteiger partial charge in [0.1, 0.15) is 11.5 Å². The van der Waals surface area contributed by atoms with Gasteiger partial charge in [0.05, 0.1) is 14.3 Å². The molecule has 0 aliphatic rings. The lowest BCUT2D eigenvalue weighted by Crippen LogP contribution is -2.29. The molecule has 0 bridgehead atoms. The monoisotopic (exact) mass is 318 g/mol. The molecular formula is C14H17F3O3Si. The van der Waals surface area contributed by atoms with Crippen molar-refractivity contribution in [1.29, 1.82) is 0 Å². The van der Waals surface area contributed by atoms with Crippen molar-refractivity contribution in [1.82, 2.24) is 0 Å². The van der Waals surface area contributed by atoms with Crippen LogP contribution < -0.4 is 4.74 Å². The minimum Gasteiger partial charge on any atom is -0.507 e. The van der Waals surface area contributed by atoms with Gasteiger partial charge >= 0.3 is 6.18 Å². The molecular weight excluding hydrogens is 301 g/mol. The number of hydrogen-bond donors (Lipinski definition) is 1. The van der Waals surface area contributed by atoms with Gasteiger partial charge in [0.25, 0.3) is 5.78 Å². The van der Waals surface area contributed by atoms with Crippen LogP contribution in [-0.2, 0) is 4.79 Å². The zero-order valence-electron chi connectivity index (χ0n) is 12.0. The maximum Gasteiger partial charge on any atom is 0.454 e. The molecule has 0 unspecified atom stereocenters. The Kier molecular flexibility index (Phi) is 5.22. The van der Waals surface area contributed by atoms with Crippen molar-refractivity contribution in [2.24, 2.45) is 0 Å². The van der Waals surface area contributed by atoms with Crippen LogP contribution in [0.4, 0.5) is 13.2 Å². The van der Waals surface area contributed by atoms with E-state index in [0.29, 0.717) is 12.0 Å². The van der Waals surface area contributed by atoms with E-state index in [-0.39, 0.29) is 11.6 Å². The van der Waals surface area contributed by atoms with Gasteiger partial charge in [-0.15, -0.1) is 0 Å². The number of benzene rings is 1. The Morgan fingerprint density at radius 1 is 1.24 bits per heavy atom. The van der Waals surface area contributed by atoms with Crippen molar-refractivity contribution in [3.05, 3.63) is 35.9 Å². The smallest absolute Gasteiger partial charge is 0.454 e. The lowest BCUT2D eigenvalue weighted by Gasteiger charge is -2.16. The average Bonchev–Trinajstić information content (AvgIpc) is 2.35. The molecule has 0 spiro atoms. The molecule has 0 fully saturated rings. The highest BCUT2D eigenvalue weighted by Crippen LogP contribution is 2.21. The van der Waals surface area contributed by atoms with Crippen LogP contribution in [0.15, 0.2) is 30.3 Å². The van der Waals surface area contributed by atoms with Gasteiger partial charge in [-0.05, 0) is 24.3 Å². The van der Waals surface area contributed by atoms with E-state index in [4.69, 9.17) is 4.74 Å². The molecule has 1 aromatic rings. The molecule has 0 heterocycles. The van der Waals surface area contributed by atoms with Crippen LogP contribution in [0.2, 0.25) is 19.6 Å². The van der Waals surface area contributed by atoms with E-state index in [2.05, 4.69) is 19.6 Å². The first-order valence-corrected chi connectivity index (χ1v) is 9.95. The first-order valence-electron chi connectivity index (χ1n) is 6.24. The van der Waals surface area contributed by atoms with E-state index >= 15 is 0 Å². The molecule has 0 amide bonds. The number of ether oxygens (including phenoxy) is 1. The fraction of sp³-hybridized carbons (Fsp3) is 0.357. The van der Waals surface area contributed by atoms with Crippen LogP contribution in [-0.4, -0.2) is 31.4 Å². The van der Waals surface area contributed by atoms with Gasteiger partial charge in [-0.3, -0.25) is 4.79 Å². The number of allylic oxidation sites excluding steroid dienone is 1. The van der Waals surface area contributed by atoms with Crippen molar-refractivity contribution in [3.63, 3.8) is 0 Å². The Balaban J connectivity index is 2.78. The second-order valence-electron chi connectivity index (χ2n) is 5.77. The molecule has 0 aliphatic carbocycles. The number of halogens is 3. The lowest BCUT2D eigenvalue weighted by molar-refractivity contribution is -0.165. The number of carbonyl (C=O) groups excluding carboxylic acids is 1. The van der Waals surface area contributed by atoms with Crippen LogP contribution in [0, 0.1) is 0 Å². The average molecular weight is 318 g/mol. The van der Waals surface area contributed by atoms with E-state index in [1.807, 2.05) is 0 Å². The highest BCUT2D eigenvalue weighted by molar-refractivity contribution is 6.76. The summed E-state index contributed by atoms with van der Waals surface area (Å²) in [5.41, 5.74) is 0.118. The molecule has 1 aromatic carbocycles. The second kappa shape index (κ2) is 6.34. The summed E-state index contributed by atoms with van der Waals surface area (Å²) in [6.45, 7) is 6.41. The van der Waals surface area contributed by atoms with E-state index in [1.54, 1.807) is 0 Å². The Hall–Kier alpha value is -1.76. The molecule has 1 rings (SSSR count). The molecule has 1 N–H and O–H groups in total. The van der Waals surface area contributed by atoms with Gasteiger partial charge < -0.3 is 9.84 Å². The van der Waals surface area contributed by atoms with Gasteiger partial charge in [0, 0.05) is 11.6 Å². The number of hydrogen-bond acceptors (Lipinski definition) is 3. The molecule has 21 heavy (non-hydrogen) atoms. The van der Waals surface area contributed by atoms with Crippen LogP contribution >= 0.6 is 0 Å². The molecule has 0 aromatic heterocycles. The van der Waals surface area contributed by atoms with Gasteiger partial charge in [-0.1, -0.05) is 19.6 Å². The number of ketones is 1. The number of carbonyl (C=O) groups is 1. The van der Waals surface area contributed by atoms with E-state index in [9.17, 15) is 23.1 Å². The van der Waals surface area contributed by atoms with Gasteiger partial charge in [0.15, 0.2) is 0 Å². The normalized spacial score (nSPS) is 13.1. The largest absolute Gasteiger partial charge is 0.507 e. The standard InChI is InChI=1S/C14H17F3O3Si/c1-21(2,3)9-20-11-6-4-10(5-7-11)12(18)8-13(19)14(15,16)17/h4-8,18H,9H2,1-3H3/b12-8-. The SMILES string of the molecule is C[Si](C)(C)COc1ccc(/C(O)=C/C(=O)C(F)(F)F)cc1. The molecule has 0 saturated heterocycles. The molecule has 116 valence electrons.